The number of anilines is 1. The molecule has 1 aromatic rings. The van der Waals surface area contributed by atoms with E-state index in [1.807, 2.05) is 0 Å². The van der Waals surface area contributed by atoms with Gasteiger partial charge in [-0.25, -0.2) is 22.0 Å². The number of sulfonamides is 2. The SMILES string of the molecule is NS(=O)(=O)c1ccccc1NS(=O)(=O)/C=[CH]/[Al]. The number of nitrogens with one attached hydrogen (secondary N) is 1. The molecule has 0 aliphatic rings. The molecule has 0 saturated carbocycles. The van der Waals surface area contributed by atoms with E-state index in [0.717, 1.165) is 5.41 Å². The summed E-state index contributed by atoms with van der Waals surface area (Å²) in [7, 11) is -7.72. The Hall–Kier alpha value is -0.848. The summed E-state index contributed by atoms with van der Waals surface area (Å²) in [5, 5.41) is 5.85. The van der Waals surface area contributed by atoms with Crippen LogP contribution >= 0.6 is 0 Å². The Labute approximate surface area is 108 Å². The zero-order valence-electron chi connectivity index (χ0n) is 8.57. The minimum Gasteiger partial charge on any atom is -0.279 e. The molecule has 0 spiro atoms. The van der Waals surface area contributed by atoms with Crippen LogP contribution in [0.3, 0.4) is 0 Å². The number of hydrogen-bond acceptors (Lipinski definition) is 4. The van der Waals surface area contributed by atoms with Gasteiger partial charge < -0.3 is 0 Å². The second kappa shape index (κ2) is 5.20. The number of benzene rings is 1. The second-order valence-electron chi connectivity index (χ2n) is 3.02. The molecular weight excluding hydrogens is 279 g/mol. The molecule has 0 aromatic heterocycles. The Morgan fingerprint density at radius 3 is 2.29 bits per heavy atom. The maximum atomic E-state index is 11.4. The molecule has 9 heteroatoms. The third kappa shape index (κ3) is 4.14. The molecular formula is C8H9AlN2O4S2. The van der Waals surface area contributed by atoms with Gasteiger partial charge in [-0.05, 0) is 12.1 Å². The Kier molecular flexibility index (Phi) is 4.35. The molecule has 1 aromatic carbocycles. The first-order valence-electron chi connectivity index (χ1n) is 4.29. The first-order chi connectivity index (χ1) is 7.76. The normalized spacial score (nSPS) is 12.8. The van der Waals surface area contributed by atoms with Gasteiger partial charge in [-0.15, -0.1) is 0 Å². The number of hydrogen-bond donors (Lipinski definition) is 2. The highest BCUT2D eigenvalue weighted by Gasteiger charge is 2.16. The lowest BCUT2D eigenvalue weighted by Crippen LogP contribution is -2.17. The van der Waals surface area contributed by atoms with Crippen LogP contribution in [0.5, 0.6) is 0 Å². The second-order valence-corrected chi connectivity index (χ2v) is 6.50. The maximum Gasteiger partial charge on any atom is 0.253 e. The van der Waals surface area contributed by atoms with Gasteiger partial charge in [0.1, 0.15) is 4.90 Å². The van der Waals surface area contributed by atoms with E-state index < -0.39 is 20.0 Å². The van der Waals surface area contributed by atoms with Gasteiger partial charge in [0.15, 0.2) is 16.3 Å². The van der Waals surface area contributed by atoms with E-state index in [2.05, 4.69) is 21.0 Å². The molecule has 0 amide bonds. The van der Waals surface area contributed by atoms with Gasteiger partial charge in [0.05, 0.1) is 5.69 Å². The Morgan fingerprint density at radius 2 is 1.76 bits per heavy atom. The van der Waals surface area contributed by atoms with E-state index in [1.54, 1.807) is 0 Å². The summed E-state index contributed by atoms with van der Waals surface area (Å²) in [6.45, 7) is 0. The minimum atomic E-state index is -3.98. The van der Waals surface area contributed by atoms with E-state index in [-0.39, 0.29) is 10.6 Å². The quantitative estimate of drug-likeness (QED) is 0.743. The summed E-state index contributed by atoms with van der Waals surface area (Å²) in [5.41, 5.74) is -0.0851. The highest BCUT2D eigenvalue weighted by molar-refractivity contribution is 7.95. The number of nitrogens with two attached hydrogens (primary N) is 1. The third-order valence-electron chi connectivity index (χ3n) is 1.70. The highest BCUT2D eigenvalue weighted by Crippen LogP contribution is 2.20. The third-order valence-corrected chi connectivity index (χ3v) is 4.16. The summed E-state index contributed by atoms with van der Waals surface area (Å²) in [6, 6.07) is 5.48. The van der Waals surface area contributed by atoms with Crippen molar-refractivity contribution in [2.24, 2.45) is 5.14 Å². The van der Waals surface area contributed by atoms with E-state index in [1.165, 1.54) is 29.2 Å². The zero-order chi connectivity index (χ0) is 13.1. The Balaban J connectivity index is 3.26. The minimum absolute atomic E-state index is 0.0851. The van der Waals surface area contributed by atoms with Crippen LogP contribution in [0, 0.1) is 0 Å². The largest absolute Gasteiger partial charge is 0.279 e. The van der Waals surface area contributed by atoms with Gasteiger partial charge in [-0.2, -0.15) is 4.94 Å². The van der Waals surface area contributed by atoms with Crippen molar-refractivity contribution in [2.45, 2.75) is 4.90 Å². The highest BCUT2D eigenvalue weighted by atomic mass is 32.2. The van der Waals surface area contributed by atoms with Crippen LogP contribution in [0.15, 0.2) is 39.5 Å². The van der Waals surface area contributed by atoms with Crippen molar-refractivity contribution in [1.82, 2.24) is 0 Å². The van der Waals surface area contributed by atoms with Crippen molar-refractivity contribution in [3.8, 4) is 0 Å². The molecule has 0 saturated heterocycles. The van der Waals surface area contributed by atoms with Crippen LogP contribution in [0.2, 0.25) is 0 Å². The molecule has 0 bridgehead atoms. The molecule has 0 fully saturated rings. The lowest BCUT2D eigenvalue weighted by molar-refractivity contribution is 0.598. The number of rotatable bonds is 4. The van der Waals surface area contributed by atoms with Gasteiger partial charge in [-0.1, -0.05) is 12.1 Å². The average Bonchev–Trinajstić information content (AvgIpc) is 2.15. The molecule has 90 valence electrons. The number of para-hydroxylation sites is 1. The maximum absolute atomic E-state index is 11.4. The predicted molar refractivity (Wildman–Crippen MR) is 65.3 cm³/mol. The summed E-state index contributed by atoms with van der Waals surface area (Å²) >= 11 is 2.10. The summed E-state index contributed by atoms with van der Waals surface area (Å²) in [6.07, 6.45) is 0. The Bertz CT molecular complexity index is 637. The molecule has 0 atom stereocenters. The number of primary sulfonamides is 1. The van der Waals surface area contributed by atoms with Crippen LogP contribution in [0.25, 0.3) is 0 Å². The van der Waals surface area contributed by atoms with Crippen LogP contribution < -0.4 is 9.86 Å². The van der Waals surface area contributed by atoms with Gasteiger partial charge in [0, 0.05) is 5.41 Å². The van der Waals surface area contributed by atoms with Gasteiger partial charge in [0.2, 0.25) is 10.0 Å². The van der Waals surface area contributed by atoms with E-state index >= 15 is 0 Å². The lowest BCUT2D eigenvalue weighted by Gasteiger charge is -2.08. The van der Waals surface area contributed by atoms with Crippen molar-refractivity contribution < 1.29 is 16.8 Å². The van der Waals surface area contributed by atoms with Crippen molar-refractivity contribution in [3.05, 3.63) is 34.6 Å². The molecule has 0 aliphatic heterocycles. The van der Waals surface area contributed by atoms with Gasteiger partial charge in [-0.3, -0.25) is 4.72 Å². The molecule has 6 nitrogen and oxygen atoms in total. The van der Waals surface area contributed by atoms with E-state index in [0.29, 0.717) is 0 Å². The zero-order valence-corrected chi connectivity index (χ0v) is 11.4. The summed E-state index contributed by atoms with van der Waals surface area (Å²) in [4.78, 5) is 0.961. The van der Waals surface area contributed by atoms with Crippen LogP contribution in [0.4, 0.5) is 5.69 Å². The summed E-state index contributed by atoms with van der Waals surface area (Å²) < 4.78 is 47.4. The smallest absolute Gasteiger partial charge is 0.253 e. The van der Waals surface area contributed by atoms with Crippen molar-refractivity contribution >= 4 is 42.0 Å². The molecule has 0 heterocycles. The first-order valence-corrected chi connectivity index (χ1v) is 8.05. The van der Waals surface area contributed by atoms with Crippen LogP contribution in [0.1, 0.15) is 0 Å². The molecule has 0 unspecified atom stereocenters. The molecule has 3 N–H and O–H groups in total. The molecule has 17 heavy (non-hydrogen) atoms. The van der Waals surface area contributed by atoms with E-state index in [9.17, 15) is 16.8 Å². The van der Waals surface area contributed by atoms with Crippen LogP contribution in [-0.2, 0) is 20.0 Å². The topological polar surface area (TPSA) is 106 Å². The van der Waals surface area contributed by atoms with Gasteiger partial charge >= 0.3 is 0 Å². The van der Waals surface area contributed by atoms with Crippen molar-refractivity contribution in [2.75, 3.05) is 4.72 Å². The molecule has 1 rings (SSSR count). The van der Waals surface area contributed by atoms with Crippen LogP contribution in [-0.4, -0.2) is 33.1 Å². The summed E-state index contributed by atoms with van der Waals surface area (Å²) in [5.74, 6) is 0. The first kappa shape index (κ1) is 14.2. The fourth-order valence-electron chi connectivity index (χ4n) is 1.09. The Morgan fingerprint density at radius 1 is 1.18 bits per heavy atom. The predicted octanol–water partition coefficient (Wildman–Crippen LogP) is -0.285. The molecule has 0 aliphatic carbocycles. The fraction of sp³-hybridized carbons (Fsp3) is 0. The van der Waals surface area contributed by atoms with Crippen molar-refractivity contribution in [1.29, 1.82) is 0 Å². The monoisotopic (exact) mass is 288 g/mol. The standard InChI is InChI=1S/C8H9N2O4S2.Al/c1-2-15(11,12)10-7-5-3-4-6-8(7)16(9,13)14;/h1-6,10H,(H2,9,13,14);. The average molecular weight is 288 g/mol. The molecule has 2 radical (unpaired) electrons. The lowest BCUT2D eigenvalue weighted by atomic mass is 10.3. The fourth-order valence-corrected chi connectivity index (χ4v) is 3.23. The van der Waals surface area contributed by atoms with Crippen molar-refractivity contribution in [3.63, 3.8) is 0 Å². The van der Waals surface area contributed by atoms with E-state index in [4.69, 9.17) is 5.14 Å². The van der Waals surface area contributed by atoms with Gasteiger partial charge in [0.25, 0.3) is 10.0 Å².